The van der Waals surface area contributed by atoms with E-state index in [1.807, 2.05) is 37.4 Å². The summed E-state index contributed by atoms with van der Waals surface area (Å²) in [6.45, 7) is 5.65. The molecule has 1 aliphatic heterocycles. The smallest absolute Gasteiger partial charge is 0.237 e. The number of rotatable bonds is 5. The van der Waals surface area contributed by atoms with Gasteiger partial charge in [-0.2, -0.15) is 0 Å². The Morgan fingerprint density at radius 1 is 1.38 bits per heavy atom. The summed E-state index contributed by atoms with van der Waals surface area (Å²) in [5.74, 6) is 0.0917. The molecule has 0 spiro atoms. The van der Waals surface area contributed by atoms with Gasteiger partial charge in [-0.3, -0.25) is 4.79 Å². The van der Waals surface area contributed by atoms with Gasteiger partial charge >= 0.3 is 0 Å². The standard InChI is InChI=1S/C18H25N3O3/c1-11-9-23-16(24-10-11)8-21-18(22)17(19)12(2)14-7-20-15-6-4-3-5-13(14)15/h3-7,11-12,16-17,20H,8-10,19H2,1-2H3,(H,21,22). The maximum atomic E-state index is 12.4. The van der Waals surface area contributed by atoms with Gasteiger partial charge in [0.05, 0.1) is 25.8 Å². The van der Waals surface area contributed by atoms with Crippen LogP contribution in [0, 0.1) is 5.92 Å². The highest BCUT2D eigenvalue weighted by molar-refractivity contribution is 5.87. The molecule has 0 bridgehead atoms. The van der Waals surface area contributed by atoms with Gasteiger partial charge in [0.2, 0.25) is 5.91 Å². The first kappa shape index (κ1) is 17.0. The number of amides is 1. The highest BCUT2D eigenvalue weighted by Gasteiger charge is 2.26. The molecule has 2 unspecified atom stereocenters. The number of carbonyl (C=O) groups is 1. The van der Waals surface area contributed by atoms with E-state index in [9.17, 15) is 4.79 Å². The van der Waals surface area contributed by atoms with Crippen molar-refractivity contribution in [1.82, 2.24) is 10.3 Å². The van der Waals surface area contributed by atoms with Gasteiger partial charge in [-0.05, 0) is 11.6 Å². The molecular formula is C18H25N3O3. The van der Waals surface area contributed by atoms with Crippen molar-refractivity contribution < 1.29 is 14.3 Å². The van der Waals surface area contributed by atoms with E-state index in [1.165, 1.54) is 0 Å². The van der Waals surface area contributed by atoms with Gasteiger partial charge in [0, 0.05) is 28.9 Å². The lowest BCUT2D eigenvalue weighted by Gasteiger charge is -2.28. The fourth-order valence-corrected chi connectivity index (χ4v) is 2.95. The molecule has 0 aliphatic carbocycles. The molecule has 1 aromatic carbocycles. The molecule has 1 saturated heterocycles. The first-order valence-corrected chi connectivity index (χ1v) is 8.38. The Bertz CT molecular complexity index is 692. The largest absolute Gasteiger partial charge is 0.361 e. The van der Waals surface area contributed by atoms with Gasteiger partial charge in [-0.15, -0.1) is 0 Å². The summed E-state index contributed by atoms with van der Waals surface area (Å²) in [4.78, 5) is 15.6. The number of ether oxygens (including phenoxy) is 2. The van der Waals surface area contributed by atoms with E-state index in [0.717, 1.165) is 16.5 Å². The van der Waals surface area contributed by atoms with Crippen LogP contribution >= 0.6 is 0 Å². The van der Waals surface area contributed by atoms with E-state index in [0.29, 0.717) is 25.7 Å². The summed E-state index contributed by atoms with van der Waals surface area (Å²) in [6.07, 6.45) is 1.54. The Kier molecular flexibility index (Phi) is 5.18. The molecule has 3 rings (SSSR count). The second kappa shape index (κ2) is 7.34. The topological polar surface area (TPSA) is 89.4 Å². The van der Waals surface area contributed by atoms with Crippen LogP contribution in [0.1, 0.15) is 25.3 Å². The molecule has 24 heavy (non-hydrogen) atoms. The quantitative estimate of drug-likeness (QED) is 0.778. The van der Waals surface area contributed by atoms with Crippen molar-refractivity contribution in [2.24, 2.45) is 11.7 Å². The highest BCUT2D eigenvalue weighted by atomic mass is 16.7. The van der Waals surface area contributed by atoms with Crippen LogP contribution in [0.4, 0.5) is 0 Å². The van der Waals surface area contributed by atoms with Gasteiger partial charge in [-0.1, -0.05) is 32.0 Å². The lowest BCUT2D eigenvalue weighted by molar-refractivity contribution is -0.194. The number of hydrogen-bond donors (Lipinski definition) is 3. The molecule has 0 saturated carbocycles. The van der Waals surface area contributed by atoms with E-state index < -0.39 is 6.04 Å². The van der Waals surface area contributed by atoms with Crippen molar-refractivity contribution in [2.45, 2.75) is 32.1 Å². The third kappa shape index (κ3) is 3.61. The second-order valence-electron chi connectivity index (χ2n) is 6.55. The van der Waals surface area contributed by atoms with Crippen molar-refractivity contribution in [3.63, 3.8) is 0 Å². The number of hydrogen-bond acceptors (Lipinski definition) is 4. The Hall–Kier alpha value is -1.89. The molecular weight excluding hydrogens is 306 g/mol. The number of carbonyl (C=O) groups excluding carboxylic acids is 1. The summed E-state index contributed by atoms with van der Waals surface area (Å²) in [5, 5.41) is 3.93. The van der Waals surface area contributed by atoms with Crippen LogP contribution < -0.4 is 11.1 Å². The van der Waals surface area contributed by atoms with Crippen LogP contribution in [-0.2, 0) is 14.3 Å². The van der Waals surface area contributed by atoms with E-state index in [4.69, 9.17) is 15.2 Å². The van der Waals surface area contributed by atoms with Crippen LogP contribution in [0.3, 0.4) is 0 Å². The second-order valence-corrected chi connectivity index (χ2v) is 6.55. The lowest BCUT2D eigenvalue weighted by Crippen LogP contribution is -2.47. The van der Waals surface area contributed by atoms with Gasteiger partial charge in [0.15, 0.2) is 6.29 Å². The lowest BCUT2D eigenvalue weighted by atomic mass is 9.93. The minimum Gasteiger partial charge on any atom is -0.361 e. The first-order chi connectivity index (χ1) is 11.6. The number of aromatic amines is 1. The fourth-order valence-electron chi connectivity index (χ4n) is 2.95. The zero-order chi connectivity index (χ0) is 17.1. The zero-order valence-corrected chi connectivity index (χ0v) is 14.1. The van der Waals surface area contributed by atoms with Crippen LogP contribution in [0.5, 0.6) is 0 Å². The fraction of sp³-hybridized carbons (Fsp3) is 0.500. The SMILES string of the molecule is CC1COC(CNC(=O)C(N)C(C)c2c[nH]c3ccccc23)OC1. The van der Waals surface area contributed by atoms with Crippen LogP contribution in [0.2, 0.25) is 0 Å². The third-order valence-corrected chi connectivity index (χ3v) is 4.53. The van der Waals surface area contributed by atoms with E-state index in [2.05, 4.69) is 17.2 Å². The molecule has 6 nitrogen and oxygen atoms in total. The van der Waals surface area contributed by atoms with Gasteiger partial charge < -0.3 is 25.5 Å². The van der Waals surface area contributed by atoms with Crippen LogP contribution in [0.15, 0.2) is 30.5 Å². The number of nitrogens with two attached hydrogens (primary N) is 1. The number of para-hydroxylation sites is 1. The Morgan fingerprint density at radius 2 is 2.08 bits per heavy atom. The summed E-state index contributed by atoms with van der Waals surface area (Å²) in [5.41, 5.74) is 8.27. The summed E-state index contributed by atoms with van der Waals surface area (Å²) in [6, 6.07) is 7.37. The highest BCUT2D eigenvalue weighted by Crippen LogP contribution is 2.27. The molecule has 6 heteroatoms. The Balaban J connectivity index is 1.58. The van der Waals surface area contributed by atoms with Crippen molar-refractivity contribution >= 4 is 16.8 Å². The van der Waals surface area contributed by atoms with Crippen molar-refractivity contribution in [3.8, 4) is 0 Å². The summed E-state index contributed by atoms with van der Waals surface area (Å²) < 4.78 is 11.1. The Morgan fingerprint density at radius 3 is 2.83 bits per heavy atom. The molecule has 2 aromatic rings. The molecule has 0 radical (unpaired) electrons. The van der Waals surface area contributed by atoms with Gasteiger partial charge in [0.1, 0.15) is 0 Å². The first-order valence-electron chi connectivity index (χ1n) is 8.38. The van der Waals surface area contributed by atoms with Crippen molar-refractivity contribution in [3.05, 3.63) is 36.0 Å². The predicted molar refractivity (Wildman–Crippen MR) is 92.6 cm³/mol. The summed E-state index contributed by atoms with van der Waals surface area (Å²) >= 11 is 0. The number of benzene rings is 1. The normalized spacial score (nSPS) is 23.8. The monoisotopic (exact) mass is 331 g/mol. The molecule has 4 N–H and O–H groups in total. The van der Waals surface area contributed by atoms with Crippen molar-refractivity contribution in [2.75, 3.05) is 19.8 Å². The molecule has 2 heterocycles. The van der Waals surface area contributed by atoms with Gasteiger partial charge in [0.25, 0.3) is 0 Å². The Labute approximate surface area is 141 Å². The molecule has 130 valence electrons. The average molecular weight is 331 g/mol. The number of nitrogens with one attached hydrogen (secondary N) is 2. The molecule has 1 amide bonds. The van der Waals surface area contributed by atoms with Crippen LogP contribution in [0.25, 0.3) is 10.9 Å². The number of aromatic nitrogens is 1. The summed E-state index contributed by atoms with van der Waals surface area (Å²) in [7, 11) is 0. The van der Waals surface area contributed by atoms with E-state index in [-0.39, 0.29) is 18.1 Å². The molecule has 1 aromatic heterocycles. The molecule has 1 fully saturated rings. The van der Waals surface area contributed by atoms with Crippen LogP contribution in [-0.4, -0.2) is 43.0 Å². The van der Waals surface area contributed by atoms with Crippen molar-refractivity contribution in [1.29, 1.82) is 0 Å². The molecule has 1 aliphatic rings. The minimum atomic E-state index is -0.633. The predicted octanol–water partition coefficient (Wildman–Crippen LogP) is 1.72. The molecule has 2 atom stereocenters. The maximum Gasteiger partial charge on any atom is 0.237 e. The maximum absolute atomic E-state index is 12.4. The zero-order valence-electron chi connectivity index (χ0n) is 14.1. The number of fused-ring (bicyclic) bond motifs is 1. The number of H-pyrrole nitrogens is 1. The third-order valence-electron chi connectivity index (χ3n) is 4.53. The van der Waals surface area contributed by atoms with E-state index in [1.54, 1.807) is 0 Å². The minimum absolute atomic E-state index is 0.102. The van der Waals surface area contributed by atoms with Gasteiger partial charge in [-0.25, -0.2) is 0 Å². The average Bonchev–Trinajstić information content (AvgIpc) is 3.03. The van der Waals surface area contributed by atoms with E-state index >= 15 is 0 Å².